The normalized spacial score (nSPS) is 24.8. The van der Waals surface area contributed by atoms with Crippen molar-refractivity contribution in [3.8, 4) is 5.75 Å². The molecule has 0 amide bonds. The number of nitro groups is 1. The Balaban J connectivity index is 2.06. The van der Waals surface area contributed by atoms with Crippen LogP contribution in [0.5, 0.6) is 5.75 Å². The Morgan fingerprint density at radius 2 is 1.92 bits per heavy atom. The van der Waals surface area contributed by atoms with Crippen LogP contribution in [0.1, 0.15) is 23.2 Å². The van der Waals surface area contributed by atoms with Gasteiger partial charge in [-0.15, -0.1) is 0 Å². The van der Waals surface area contributed by atoms with E-state index in [0.29, 0.717) is 17.0 Å². The standard InChI is InChI=1S/C18H19N3O5/c1-25-12-8-6-11(7-9-12)14-16(18(22)26-2)20-15(17(14)21(23)24)13-5-3-4-10-19-13/h3-10,14-17,20H,1-2H3/t14-,15+,16+,17+/m1/s1. The van der Waals surface area contributed by atoms with Gasteiger partial charge in [0.15, 0.2) is 0 Å². The SMILES string of the molecule is COC(=O)[C@H]1N[C@@H](c2ccccn2)[C@@H]([N+](=O)[O-])[C@@H]1c1ccc(OC)cc1. The highest BCUT2D eigenvalue weighted by molar-refractivity contribution is 5.78. The van der Waals surface area contributed by atoms with Crippen LogP contribution in [0.2, 0.25) is 0 Å². The summed E-state index contributed by atoms with van der Waals surface area (Å²) in [6, 6.07) is 9.48. The fourth-order valence-corrected chi connectivity index (χ4v) is 3.43. The van der Waals surface area contributed by atoms with E-state index in [1.54, 1.807) is 55.8 Å². The molecule has 1 N–H and O–H groups in total. The number of ether oxygens (including phenoxy) is 2. The number of esters is 1. The van der Waals surface area contributed by atoms with Crippen LogP contribution in [-0.2, 0) is 9.53 Å². The van der Waals surface area contributed by atoms with Gasteiger partial charge in [0.2, 0.25) is 6.04 Å². The summed E-state index contributed by atoms with van der Waals surface area (Å²) in [6.45, 7) is 0. The fourth-order valence-electron chi connectivity index (χ4n) is 3.43. The van der Waals surface area contributed by atoms with Crippen LogP contribution in [0.15, 0.2) is 48.7 Å². The molecule has 1 aliphatic heterocycles. The van der Waals surface area contributed by atoms with Crippen molar-refractivity contribution in [3.05, 3.63) is 70.0 Å². The molecule has 1 saturated heterocycles. The van der Waals surface area contributed by atoms with Gasteiger partial charge >= 0.3 is 5.97 Å². The lowest BCUT2D eigenvalue weighted by atomic mass is 9.86. The van der Waals surface area contributed by atoms with Crippen molar-refractivity contribution in [2.75, 3.05) is 14.2 Å². The third-order valence-corrected chi connectivity index (χ3v) is 4.63. The largest absolute Gasteiger partial charge is 0.497 e. The van der Waals surface area contributed by atoms with Gasteiger partial charge in [0, 0.05) is 11.1 Å². The smallest absolute Gasteiger partial charge is 0.323 e. The molecule has 2 heterocycles. The van der Waals surface area contributed by atoms with E-state index < -0.39 is 30.0 Å². The van der Waals surface area contributed by atoms with Crippen LogP contribution in [0, 0.1) is 10.1 Å². The Kier molecular flexibility index (Phi) is 5.13. The predicted molar refractivity (Wildman–Crippen MR) is 92.4 cm³/mol. The average Bonchev–Trinajstić information content (AvgIpc) is 3.09. The highest BCUT2D eigenvalue weighted by Crippen LogP contribution is 2.40. The molecule has 0 saturated carbocycles. The maximum absolute atomic E-state index is 12.3. The van der Waals surface area contributed by atoms with E-state index in [-0.39, 0.29) is 4.92 Å². The highest BCUT2D eigenvalue weighted by atomic mass is 16.6. The van der Waals surface area contributed by atoms with Crippen LogP contribution in [0.25, 0.3) is 0 Å². The van der Waals surface area contributed by atoms with Crippen LogP contribution in [-0.4, -0.2) is 42.2 Å². The molecule has 2 aromatic rings. The second kappa shape index (κ2) is 7.49. The van der Waals surface area contributed by atoms with E-state index in [9.17, 15) is 14.9 Å². The van der Waals surface area contributed by atoms with Crippen molar-refractivity contribution in [1.29, 1.82) is 0 Å². The molecule has 136 valence electrons. The zero-order valence-corrected chi connectivity index (χ0v) is 14.4. The first-order chi connectivity index (χ1) is 12.6. The van der Waals surface area contributed by atoms with E-state index in [1.807, 2.05) is 0 Å². The highest BCUT2D eigenvalue weighted by Gasteiger charge is 2.55. The Labute approximate surface area is 150 Å². The maximum Gasteiger partial charge on any atom is 0.323 e. The van der Waals surface area contributed by atoms with Gasteiger partial charge in [-0.2, -0.15) is 0 Å². The molecule has 0 bridgehead atoms. The molecular weight excluding hydrogens is 338 g/mol. The molecule has 0 spiro atoms. The van der Waals surface area contributed by atoms with Gasteiger partial charge in [0.1, 0.15) is 17.8 Å². The number of pyridine rings is 1. The van der Waals surface area contributed by atoms with E-state index >= 15 is 0 Å². The van der Waals surface area contributed by atoms with Crippen molar-refractivity contribution in [1.82, 2.24) is 10.3 Å². The molecule has 1 aliphatic rings. The summed E-state index contributed by atoms with van der Waals surface area (Å²) < 4.78 is 10.0. The first-order valence-corrected chi connectivity index (χ1v) is 8.09. The minimum atomic E-state index is -1.07. The quantitative estimate of drug-likeness (QED) is 0.493. The zero-order valence-electron chi connectivity index (χ0n) is 14.4. The van der Waals surface area contributed by atoms with E-state index in [4.69, 9.17) is 9.47 Å². The second-order valence-electron chi connectivity index (χ2n) is 5.97. The van der Waals surface area contributed by atoms with Gasteiger partial charge in [-0.1, -0.05) is 18.2 Å². The minimum absolute atomic E-state index is 0.357. The number of hydrogen-bond acceptors (Lipinski definition) is 7. The summed E-state index contributed by atoms with van der Waals surface area (Å²) in [4.78, 5) is 28.1. The number of aromatic nitrogens is 1. The van der Waals surface area contributed by atoms with Crippen LogP contribution in [0.4, 0.5) is 0 Å². The summed E-state index contributed by atoms with van der Waals surface area (Å²) in [5.74, 6) is -0.611. The van der Waals surface area contributed by atoms with Crippen LogP contribution in [0.3, 0.4) is 0 Å². The van der Waals surface area contributed by atoms with E-state index in [2.05, 4.69) is 10.3 Å². The third kappa shape index (κ3) is 3.23. The first-order valence-electron chi connectivity index (χ1n) is 8.09. The van der Waals surface area contributed by atoms with E-state index in [0.717, 1.165) is 0 Å². The second-order valence-corrected chi connectivity index (χ2v) is 5.97. The molecular formula is C18H19N3O5. The summed E-state index contributed by atoms with van der Waals surface area (Å²) >= 11 is 0. The lowest BCUT2D eigenvalue weighted by Crippen LogP contribution is -2.37. The molecule has 0 radical (unpaired) electrons. The molecule has 4 atom stereocenters. The molecule has 26 heavy (non-hydrogen) atoms. The van der Waals surface area contributed by atoms with Gasteiger partial charge < -0.3 is 9.47 Å². The maximum atomic E-state index is 12.3. The fraction of sp³-hybridized carbons (Fsp3) is 0.333. The van der Waals surface area contributed by atoms with Crippen molar-refractivity contribution in [2.45, 2.75) is 24.0 Å². The molecule has 8 heteroatoms. The lowest BCUT2D eigenvalue weighted by Gasteiger charge is -2.19. The predicted octanol–water partition coefficient (Wildman–Crippen LogP) is 1.71. The van der Waals surface area contributed by atoms with Gasteiger partial charge in [0.05, 0.1) is 25.8 Å². The van der Waals surface area contributed by atoms with Gasteiger partial charge in [-0.3, -0.25) is 25.2 Å². The molecule has 1 aromatic carbocycles. The molecule has 1 fully saturated rings. The Bertz CT molecular complexity index is 781. The van der Waals surface area contributed by atoms with Crippen LogP contribution < -0.4 is 10.1 Å². The van der Waals surface area contributed by atoms with Crippen molar-refractivity contribution >= 4 is 5.97 Å². The lowest BCUT2D eigenvalue weighted by molar-refractivity contribution is -0.527. The minimum Gasteiger partial charge on any atom is -0.497 e. The first kappa shape index (κ1) is 17.8. The van der Waals surface area contributed by atoms with Gasteiger partial charge in [-0.05, 0) is 29.8 Å². The third-order valence-electron chi connectivity index (χ3n) is 4.63. The monoisotopic (exact) mass is 357 g/mol. The number of nitrogens with one attached hydrogen (secondary N) is 1. The number of rotatable bonds is 5. The van der Waals surface area contributed by atoms with Crippen molar-refractivity contribution in [2.24, 2.45) is 0 Å². The van der Waals surface area contributed by atoms with Gasteiger partial charge in [-0.25, -0.2) is 0 Å². The number of carbonyl (C=O) groups excluding carboxylic acids is 1. The molecule has 0 aliphatic carbocycles. The summed E-state index contributed by atoms with van der Waals surface area (Å²) in [5, 5.41) is 15.0. The number of nitrogens with zero attached hydrogens (tertiary/aromatic N) is 2. The topological polar surface area (TPSA) is 104 Å². The molecule has 3 rings (SSSR count). The zero-order chi connectivity index (χ0) is 18.7. The van der Waals surface area contributed by atoms with Crippen LogP contribution >= 0.6 is 0 Å². The van der Waals surface area contributed by atoms with Crippen molar-refractivity contribution < 1.29 is 19.2 Å². The van der Waals surface area contributed by atoms with Gasteiger partial charge in [0.25, 0.3) is 0 Å². The number of hydrogen-bond donors (Lipinski definition) is 1. The summed E-state index contributed by atoms with van der Waals surface area (Å²) in [7, 11) is 2.81. The summed E-state index contributed by atoms with van der Waals surface area (Å²) in [6.07, 6.45) is 1.57. The molecule has 8 nitrogen and oxygen atoms in total. The Hall–Kier alpha value is -3.00. The molecule has 1 aromatic heterocycles. The number of methoxy groups -OCH3 is 2. The number of benzene rings is 1. The Morgan fingerprint density at radius 3 is 2.46 bits per heavy atom. The number of carbonyl (C=O) groups is 1. The summed E-state index contributed by atoms with van der Waals surface area (Å²) in [5.41, 5.74) is 1.17. The molecule has 0 unspecified atom stereocenters. The van der Waals surface area contributed by atoms with Crippen molar-refractivity contribution in [3.63, 3.8) is 0 Å². The van der Waals surface area contributed by atoms with E-state index in [1.165, 1.54) is 7.11 Å². The Morgan fingerprint density at radius 1 is 1.19 bits per heavy atom. The average molecular weight is 357 g/mol.